The number of rotatable bonds is 9. The highest BCUT2D eigenvalue weighted by atomic mass is 32.2. The molecule has 2 N–H and O–H groups in total. The molecule has 1 saturated heterocycles. The average Bonchev–Trinajstić information content (AvgIpc) is 2.84. The first-order valence-corrected chi connectivity index (χ1v) is 12.3. The standard InChI is InChI=1S/C23H30N4O6S/c1-17(26(2)16-22(28)24-19-5-4-6-20(15-19)32-3)23(29)25-18-7-9-21(10-8-18)34(30,31)27-11-13-33-14-12-27/h4-10,15,17H,11-14,16H2,1-3H3,(H,24,28)(H,25,29)/t17-/m0/s1. The number of methoxy groups -OCH3 is 1. The molecule has 0 aromatic heterocycles. The van der Waals surface area contributed by atoms with Gasteiger partial charge in [-0.2, -0.15) is 4.31 Å². The maximum atomic E-state index is 12.7. The molecule has 11 heteroatoms. The van der Waals surface area contributed by atoms with Crippen molar-refractivity contribution in [3.8, 4) is 5.75 Å². The highest BCUT2D eigenvalue weighted by Gasteiger charge is 2.26. The average molecular weight is 491 g/mol. The maximum absolute atomic E-state index is 12.7. The van der Waals surface area contributed by atoms with Gasteiger partial charge in [-0.1, -0.05) is 6.07 Å². The van der Waals surface area contributed by atoms with Crippen LogP contribution in [0.25, 0.3) is 0 Å². The van der Waals surface area contributed by atoms with Gasteiger partial charge in [0.05, 0.1) is 37.8 Å². The third kappa shape index (κ3) is 6.54. The second-order valence-corrected chi connectivity index (χ2v) is 9.84. The number of benzene rings is 2. The van der Waals surface area contributed by atoms with Crippen LogP contribution in [0.5, 0.6) is 5.75 Å². The highest BCUT2D eigenvalue weighted by Crippen LogP contribution is 2.20. The number of carbonyl (C=O) groups excluding carboxylic acids is 2. The van der Waals surface area contributed by atoms with Gasteiger partial charge in [-0.15, -0.1) is 0 Å². The van der Waals surface area contributed by atoms with E-state index >= 15 is 0 Å². The molecular weight excluding hydrogens is 460 g/mol. The van der Waals surface area contributed by atoms with E-state index in [0.29, 0.717) is 43.4 Å². The Morgan fingerprint density at radius 2 is 1.76 bits per heavy atom. The molecule has 0 aliphatic carbocycles. The highest BCUT2D eigenvalue weighted by molar-refractivity contribution is 7.89. The van der Waals surface area contributed by atoms with Crippen LogP contribution in [0.2, 0.25) is 0 Å². The van der Waals surface area contributed by atoms with Crippen LogP contribution in [0, 0.1) is 0 Å². The molecule has 2 aromatic carbocycles. The van der Waals surface area contributed by atoms with Crippen molar-refractivity contribution in [3.63, 3.8) is 0 Å². The van der Waals surface area contributed by atoms with E-state index in [9.17, 15) is 18.0 Å². The first-order chi connectivity index (χ1) is 16.2. The van der Waals surface area contributed by atoms with Crippen molar-refractivity contribution < 1.29 is 27.5 Å². The van der Waals surface area contributed by atoms with Gasteiger partial charge >= 0.3 is 0 Å². The van der Waals surface area contributed by atoms with E-state index in [1.54, 1.807) is 62.4 Å². The first kappa shape index (κ1) is 25.6. The van der Waals surface area contributed by atoms with Crippen molar-refractivity contribution in [2.24, 2.45) is 0 Å². The van der Waals surface area contributed by atoms with Crippen LogP contribution in [-0.2, 0) is 24.3 Å². The molecular formula is C23H30N4O6S. The number of morpholine rings is 1. The summed E-state index contributed by atoms with van der Waals surface area (Å²) >= 11 is 0. The Morgan fingerprint density at radius 3 is 2.41 bits per heavy atom. The molecule has 0 spiro atoms. The molecule has 0 bridgehead atoms. The van der Waals surface area contributed by atoms with Gasteiger partial charge in [0.2, 0.25) is 21.8 Å². The summed E-state index contributed by atoms with van der Waals surface area (Å²) in [4.78, 5) is 26.8. The van der Waals surface area contributed by atoms with Crippen LogP contribution >= 0.6 is 0 Å². The molecule has 34 heavy (non-hydrogen) atoms. The van der Waals surface area contributed by atoms with Crippen LogP contribution in [-0.4, -0.2) is 82.5 Å². The van der Waals surface area contributed by atoms with Crippen molar-refractivity contribution in [1.29, 1.82) is 0 Å². The number of likely N-dealkylation sites (N-methyl/N-ethyl adjacent to an activating group) is 1. The predicted molar refractivity (Wildman–Crippen MR) is 128 cm³/mol. The second kappa shape index (κ2) is 11.4. The molecule has 1 aliphatic rings. The minimum absolute atomic E-state index is 0.00251. The van der Waals surface area contributed by atoms with E-state index < -0.39 is 16.1 Å². The number of nitrogens with zero attached hydrogens (tertiary/aromatic N) is 2. The fraction of sp³-hybridized carbons (Fsp3) is 0.391. The summed E-state index contributed by atoms with van der Waals surface area (Å²) in [5, 5.41) is 5.54. The number of hydrogen-bond donors (Lipinski definition) is 2. The fourth-order valence-electron chi connectivity index (χ4n) is 3.36. The lowest BCUT2D eigenvalue weighted by molar-refractivity contribution is -0.122. The number of anilines is 2. The summed E-state index contributed by atoms with van der Waals surface area (Å²) in [6, 6.07) is 12.4. The van der Waals surface area contributed by atoms with Crippen LogP contribution in [0.3, 0.4) is 0 Å². The van der Waals surface area contributed by atoms with Gasteiger partial charge in [-0.05, 0) is 50.4 Å². The van der Waals surface area contributed by atoms with Crippen molar-refractivity contribution >= 4 is 33.2 Å². The molecule has 0 saturated carbocycles. The zero-order valence-corrected chi connectivity index (χ0v) is 20.3. The zero-order chi connectivity index (χ0) is 24.7. The van der Waals surface area contributed by atoms with Gasteiger partial charge in [0.1, 0.15) is 5.75 Å². The van der Waals surface area contributed by atoms with Crippen LogP contribution < -0.4 is 15.4 Å². The molecule has 10 nitrogen and oxygen atoms in total. The SMILES string of the molecule is COc1cccc(NC(=O)CN(C)[C@@H](C)C(=O)Nc2ccc(S(=O)(=O)N3CCOCC3)cc2)c1. The smallest absolute Gasteiger partial charge is 0.243 e. The molecule has 1 aliphatic heterocycles. The molecule has 184 valence electrons. The van der Waals surface area contributed by atoms with E-state index in [4.69, 9.17) is 9.47 Å². The van der Waals surface area contributed by atoms with Crippen molar-refractivity contribution in [2.45, 2.75) is 17.9 Å². The summed E-state index contributed by atoms with van der Waals surface area (Å²) < 4.78 is 37.2. The van der Waals surface area contributed by atoms with Crippen molar-refractivity contribution in [3.05, 3.63) is 48.5 Å². The van der Waals surface area contributed by atoms with Gasteiger partial charge < -0.3 is 20.1 Å². The first-order valence-electron chi connectivity index (χ1n) is 10.8. The van der Waals surface area contributed by atoms with Crippen molar-refractivity contribution in [2.75, 3.05) is 57.6 Å². The molecule has 1 heterocycles. The Balaban J connectivity index is 1.54. The zero-order valence-electron chi connectivity index (χ0n) is 19.5. The van der Waals surface area contributed by atoms with E-state index in [-0.39, 0.29) is 23.3 Å². The van der Waals surface area contributed by atoms with Gasteiger partial charge in [-0.25, -0.2) is 8.42 Å². The van der Waals surface area contributed by atoms with E-state index in [0.717, 1.165) is 0 Å². The largest absolute Gasteiger partial charge is 0.497 e. The predicted octanol–water partition coefficient (Wildman–Crippen LogP) is 1.61. The summed E-state index contributed by atoms with van der Waals surface area (Å²) in [6.07, 6.45) is 0. The van der Waals surface area contributed by atoms with Crippen LogP contribution in [0.15, 0.2) is 53.4 Å². The van der Waals surface area contributed by atoms with E-state index in [1.165, 1.54) is 16.4 Å². The number of amides is 2. The molecule has 3 rings (SSSR count). The van der Waals surface area contributed by atoms with Crippen LogP contribution in [0.1, 0.15) is 6.92 Å². The number of nitrogens with one attached hydrogen (secondary N) is 2. The molecule has 2 aromatic rings. The lowest BCUT2D eigenvalue weighted by Gasteiger charge is -2.26. The Labute approximate surface area is 199 Å². The molecule has 1 atom stereocenters. The Bertz CT molecular complexity index is 1100. The number of carbonyl (C=O) groups is 2. The van der Waals surface area contributed by atoms with E-state index in [2.05, 4.69) is 10.6 Å². The third-order valence-electron chi connectivity index (χ3n) is 5.52. The lowest BCUT2D eigenvalue weighted by Crippen LogP contribution is -2.43. The Hall–Kier alpha value is -2.99. The maximum Gasteiger partial charge on any atom is 0.243 e. The van der Waals surface area contributed by atoms with Gasteiger partial charge in [-0.3, -0.25) is 14.5 Å². The minimum atomic E-state index is -3.60. The molecule has 0 radical (unpaired) electrons. The van der Waals surface area contributed by atoms with E-state index in [1.807, 2.05) is 0 Å². The fourth-order valence-corrected chi connectivity index (χ4v) is 4.77. The second-order valence-electron chi connectivity index (χ2n) is 7.90. The van der Waals surface area contributed by atoms with Crippen LogP contribution in [0.4, 0.5) is 11.4 Å². The number of hydrogen-bond acceptors (Lipinski definition) is 7. The number of sulfonamides is 1. The minimum Gasteiger partial charge on any atom is -0.497 e. The molecule has 0 unspecified atom stereocenters. The third-order valence-corrected chi connectivity index (χ3v) is 7.43. The van der Waals surface area contributed by atoms with Gasteiger partial charge in [0, 0.05) is 30.5 Å². The summed E-state index contributed by atoms with van der Waals surface area (Å²) in [6.45, 7) is 3.06. The number of ether oxygens (including phenoxy) is 2. The molecule has 2 amide bonds. The van der Waals surface area contributed by atoms with Gasteiger partial charge in [0.25, 0.3) is 0 Å². The van der Waals surface area contributed by atoms with Gasteiger partial charge in [0.15, 0.2) is 0 Å². The Morgan fingerprint density at radius 1 is 1.09 bits per heavy atom. The quantitative estimate of drug-likeness (QED) is 0.548. The molecule has 1 fully saturated rings. The normalized spacial score (nSPS) is 15.5. The Kier molecular flexibility index (Phi) is 8.61. The topological polar surface area (TPSA) is 117 Å². The summed E-state index contributed by atoms with van der Waals surface area (Å²) in [5.41, 5.74) is 1.06. The lowest BCUT2D eigenvalue weighted by atomic mass is 10.2. The van der Waals surface area contributed by atoms with Crippen molar-refractivity contribution in [1.82, 2.24) is 9.21 Å². The monoisotopic (exact) mass is 490 g/mol. The summed E-state index contributed by atoms with van der Waals surface area (Å²) in [7, 11) is -0.380. The summed E-state index contributed by atoms with van der Waals surface area (Å²) in [5.74, 6) is 0.0382.